The van der Waals surface area contributed by atoms with Crippen molar-refractivity contribution in [2.45, 2.75) is 105 Å². The first kappa shape index (κ1) is 21.6. The van der Waals surface area contributed by atoms with Gasteiger partial charge in [0.25, 0.3) is 0 Å². The molecule has 8 atom stereocenters. The third-order valence-corrected chi connectivity index (χ3v) is 10.2. The molecule has 0 unspecified atom stereocenters. The van der Waals surface area contributed by atoms with Crippen molar-refractivity contribution in [3.05, 3.63) is 11.6 Å². The molecule has 2 nitrogen and oxygen atoms in total. The van der Waals surface area contributed by atoms with E-state index in [9.17, 15) is 9.90 Å². The predicted molar refractivity (Wildman–Crippen MR) is 119 cm³/mol. The number of allylic oxidation sites excluding steroid dienone is 1. The molecule has 0 spiro atoms. The van der Waals surface area contributed by atoms with E-state index < -0.39 is 0 Å². The van der Waals surface area contributed by atoms with Crippen LogP contribution in [-0.2, 0) is 4.79 Å². The van der Waals surface area contributed by atoms with E-state index in [0.29, 0.717) is 28.4 Å². The van der Waals surface area contributed by atoms with Crippen molar-refractivity contribution in [1.29, 1.82) is 0 Å². The second-order valence-corrected chi connectivity index (χ2v) is 12.1. The fourth-order valence-electron chi connectivity index (χ4n) is 8.39. The Hall–Kier alpha value is -0.630. The lowest BCUT2D eigenvalue weighted by atomic mass is 9.47. The summed E-state index contributed by atoms with van der Waals surface area (Å²) in [7, 11) is 0. The van der Waals surface area contributed by atoms with Crippen molar-refractivity contribution in [2.24, 2.45) is 46.3 Å². The van der Waals surface area contributed by atoms with Crippen molar-refractivity contribution in [1.82, 2.24) is 0 Å². The van der Waals surface area contributed by atoms with Crippen LogP contribution >= 0.6 is 0 Å². The van der Waals surface area contributed by atoms with E-state index in [1.54, 1.807) is 5.57 Å². The summed E-state index contributed by atoms with van der Waals surface area (Å²) in [4.78, 5) is 13.0. The zero-order chi connectivity index (χ0) is 21.0. The molecule has 2 heteroatoms. The number of aliphatic hydroxyl groups is 1. The van der Waals surface area contributed by atoms with Gasteiger partial charge in [0.05, 0.1) is 6.10 Å². The minimum absolute atomic E-state index is 0.117. The molecule has 4 rings (SSSR count). The van der Waals surface area contributed by atoms with Crippen LogP contribution in [0, 0.1) is 46.3 Å². The van der Waals surface area contributed by atoms with Crippen molar-refractivity contribution in [2.75, 3.05) is 0 Å². The normalized spacial score (nSPS) is 45.2. The average Bonchev–Trinajstić information content (AvgIpc) is 3.03. The Kier molecular flexibility index (Phi) is 5.82. The van der Waals surface area contributed by atoms with Crippen LogP contribution in [0.4, 0.5) is 0 Å². The van der Waals surface area contributed by atoms with Crippen LogP contribution in [0.2, 0.25) is 0 Å². The topological polar surface area (TPSA) is 37.3 Å². The lowest BCUT2D eigenvalue weighted by Crippen LogP contribution is -2.51. The smallest absolute Gasteiger partial charge is 0.136 e. The third kappa shape index (κ3) is 3.56. The first-order valence-electron chi connectivity index (χ1n) is 12.6. The van der Waals surface area contributed by atoms with Gasteiger partial charge in [-0.2, -0.15) is 0 Å². The molecule has 0 radical (unpaired) electrons. The molecule has 0 amide bonds. The number of Topliss-reactive ketones (excluding diaryl/α,β-unsaturated/α-hetero) is 1. The number of ketones is 1. The number of aliphatic hydroxyl groups excluding tert-OH is 1. The molecular weight excluding hydrogens is 356 g/mol. The summed E-state index contributed by atoms with van der Waals surface area (Å²) in [6.07, 6.45) is 13.7. The van der Waals surface area contributed by atoms with E-state index in [1.807, 2.05) is 0 Å². The number of carbonyl (C=O) groups is 1. The summed E-state index contributed by atoms with van der Waals surface area (Å²) in [5, 5.41) is 10.2. The first-order chi connectivity index (χ1) is 13.7. The van der Waals surface area contributed by atoms with Crippen LogP contribution in [0.1, 0.15) is 98.8 Å². The van der Waals surface area contributed by atoms with Gasteiger partial charge in [0.15, 0.2) is 0 Å². The van der Waals surface area contributed by atoms with Crippen molar-refractivity contribution in [3.8, 4) is 0 Å². The first-order valence-corrected chi connectivity index (χ1v) is 12.6. The van der Waals surface area contributed by atoms with Crippen molar-refractivity contribution >= 4 is 5.78 Å². The molecule has 0 bridgehead atoms. The molecule has 0 heterocycles. The van der Waals surface area contributed by atoms with Gasteiger partial charge < -0.3 is 5.11 Å². The molecule has 164 valence electrons. The fraction of sp³-hybridized carbons (Fsp3) is 0.889. The molecule has 0 aromatic carbocycles. The molecule has 0 aromatic rings. The number of fused-ring (bicyclic) bond motifs is 5. The molecule has 3 saturated carbocycles. The molecule has 4 aliphatic carbocycles. The Labute approximate surface area is 178 Å². The Morgan fingerprint density at radius 1 is 1.10 bits per heavy atom. The van der Waals surface area contributed by atoms with Gasteiger partial charge in [-0.25, -0.2) is 0 Å². The van der Waals surface area contributed by atoms with E-state index in [-0.39, 0.29) is 12.0 Å². The minimum atomic E-state index is -0.117. The number of hydrogen-bond acceptors (Lipinski definition) is 2. The number of rotatable bonds is 5. The Morgan fingerprint density at radius 2 is 1.86 bits per heavy atom. The summed E-state index contributed by atoms with van der Waals surface area (Å²) in [6, 6.07) is 0. The Morgan fingerprint density at radius 3 is 2.59 bits per heavy atom. The van der Waals surface area contributed by atoms with Gasteiger partial charge in [-0.15, -0.1) is 0 Å². The van der Waals surface area contributed by atoms with Crippen molar-refractivity contribution in [3.63, 3.8) is 0 Å². The van der Waals surface area contributed by atoms with E-state index >= 15 is 0 Å². The largest absolute Gasteiger partial charge is 0.393 e. The minimum Gasteiger partial charge on any atom is -0.393 e. The SMILES string of the molecule is CC(C)CCC(=O)[C@@H](C)[C@H]1CC[C@H]2[C@@H]3CC=C4C[C@H](O)CC[C@]4(C)[C@H]3CC[C@]12C. The molecule has 3 fully saturated rings. The van der Waals surface area contributed by atoms with Gasteiger partial charge in [-0.05, 0) is 98.2 Å². The van der Waals surface area contributed by atoms with Crippen LogP contribution in [-0.4, -0.2) is 17.0 Å². The fourth-order valence-corrected chi connectivity index (χ4v) is 8.39. The van der Waals surface area contributed by atoms with E-state index in [1.165, 1.54) is 32.1 Å². The number of carbonyl (C=O) groups excluding carboxylic acids is 1. The summed E-state index contributed by atoms with van der Waals surface area (Å²) >= 11 is 0. The second-order valence-electron chi connectivity index (χ2n) is 12.1. The van der Waals surface area contributed by atoms with E-state index in [0.717, 1.165) is 49.9 Å². The van der Waals surface area contributed by atoms with Gasteiger partial charge in [0, 0.05) is 12.3 Å². The number of hydrogen-bond donors (Lipinski definition) is 1. The maximum Gasteiger partial charge on any atom is 0.136 e. The lowest BCUT2D eigenvalue weighted by Gasteiger charge is -2.58. The lowest BCUT2D eigenvalue weighted by molar-refractivity contribution is -0.127. The molecule has 0 aliphatic heterocycles. The highest BCUT2D eigenvalue weighted by atomic mass is 16.3. The quantitative estimate of drug-likeness (QED) is 0.530. The standard InChI is InChI=1S/C27H44O2/c1-17(2)6-11-25(29)18(3)22-9-10-23-21-8-7-19-16-20(28)12-14-26(19,4)24(21)13-15-27(22,23)5/h7,17-18,20-24,28H,6,8-16H2,1-5H3/t18-,20+,21-,22+,23-,24-,26-,27+/m0/s1. The van der Waals surface area contributed by atoms with Gasteiger partial charge >= 0.3 is 0 Å². The van der Waals surface area contributed by atoms with Crippen LogP contribution < -0.4 is 0 Å². The molecular formula is C27H44O2. The van der Waals surface area contributed by atoms with E-state index in [4.69, 9.17) is 0 Å². The van der Waals surface area contributed by atoms with Crippen LogP contribution in [0.3, 0.4) is 0 Å². The Balaban J connectivity index is 1.52. The van der Waals surface area contributed by atoms with E-state index in [2.05, 4.69) is 40.7 Å². The highest BCUT2D eigenvalue weighted by Crippen LogP contribution is 2.67. The van der Waals surface area contributed by atoms with Gasteiger partial charge in [-0.1, -0.05) is 46.3 Å². The summed E-state index contributed by atoms with van der Waals surface area (Å²) in [6.45, 7) is 11.7. The maximum absolute atomic E-state index is 13.0. The predicted octanol–water partition coefficient (Wildman–Crippen LogP) is 6.57. The van der Waals surface area contributed by atoms with Crippen LogP contribution in [0.15, 0.2) is 11.6 Å². The van der Waals surface area contributed by atoms with Crippen LogP contribution in [0.25, 0.3) is 0 Å². The zero-order valence-corrected chi connectivity index (χ0v) is 19.5. The van der Waals surface area contributed by atoms with Crippen molar-refractivity contribution < 1.29 is 9.90 Å². The molecule has 4 aliphatic rings. The van der Waals surface area contributed by atoms with Gasteiger partial charge in [0.1, 0.15) is 5.78 Å². The monoisotopic (exact) mass is 400 g/mol. The third-order valence-electron chi connectivity index (χ3n) is 10.2. The van der Waals surface area contributed by atoms with Crippen LogP contribution in [0.5, 0.6) is 0 Å². The molecule has 29 heavy (non-hydrogen) atoms. The zero-order valence-electron chi connectivity index (χ0n) is 19.5. The molecule has 0 aromatic heterocycles. The maximum atomic E-state index is 13.0. The van der Waals surface area contributed by atoms with Gasteiger partial charge in [-0.3, -0.25) is 4.79 Å². The van der Waals surface area contributed by atoms with Gasteiger partial charge in [0.2, 0.25) is 0 Å². The molecule has 1 N–H and O–H groups in total. The summed E-state index contributed by atoms with van der Waals surface area (Å²) < 4.78 is 0. The highest BCUT2D eigenvalue weighted by Gasteiger charge is 2.59. The summed E-state index contributed by atoms with van der Waals surface area (Å²) in [5.74, 6) is 4.32. The average molecular weight is 401 g/mol. The second kappa shape index (κ2) is 7.81. The molecule has 0 saturated heterocycles. The summed E-state index contributed by atoms with van der Waals surface area (Å²) in [5.41, 5.74) is 2.23. The Bertz CT molecular complexity index is 663. The highest BCUT2D eigenvalue weighted by molar-refractivity contribution is 5.81.